The fraction of sp³-hybridized carbons (Fsp3) is 0.630. The number of unbranched alkanes of at least 4 members (excludes halogenated alkanes) is 17. The van der Waals surface area contributed by atoms with E-state index in [2.05, 4.69) is 186 Å². The molecule has 0 heterocycles. The van der Waals surface area contributed by atoms with Crippen LogP contribution < -0.4 is 0 Å². The SMILES string of the molecule is CC/C=C\C/C=C\C/C=C\C/C=C\C/C=C\CCCCCC(=O)OCC(COP(=O)(O)OCC(O)COP(=O)(O)OCC(COC(=O)CCCC/C=C\C/C=C\C/C=C\C/C=C\CC)OC(=O)CCCC/C=C\C/C=C\C/C=C\C/C=C\CC)OC(=O)CCCCCCCCCCCCC. The molecule has 0 radical (unpaired) electrons. The Bertz CT molecular complexity index is 2520. The number of carbonyl (C=O) groups excluding carboxylic acids is 4. The molecule has 0 saturated heterocycles. The molecule has 0 aromatic carbocycles. The molecule has 0 aliphatic carbocycles. The van der Waals surface area contributed by atoms with E-state index in [-0.39, 0.29) is 25.7 Å². The fourth-order valence-corrected chi connectivity index (χ4v) is 10.9. The topological polar surface area (TPSA) is 237 Å². The fourth-order valence-electron chi connectivity index (χ4n) is 9.34. The number of rotatable bonds is 69. The molecule has 0 saturated carbocycles. The molecule has 0 aliphatic rings. The van der Waals surface area contributed by atoms with E-state index in [0.717, 1.165) is 148 Å². The number of phosphoric ester groups is 2. The zero-order chi connectivity index (χ0) is 73.2. The van der Waals surface area contributed by atoms with E-state index in [9.17, 15) is 43.2 Å². The quantitative estimate of drug-likeness (QED) is 0.0169. The normalized spacial score (nSPS) is 14.8. The minimum absolute atomic E-state index is 0.0280. The molecule has 0 aromatic rings. The van der Waals surface area contributed by atoms with E-state index in [4.69, 9.17) is 37.0 Å². The monoisotopic (exact) mass is 1440 g/mol. The van der Waals surface area contributed by atoms with Crippen LogP contribution in [0.15, 0.2) is 158 Å². The summed E-state index contributed by atoms with van der Waals surface area (Å²) in [5.74, 6) is -2.32. The molecule has 3 N–H and O–H groups in total. The van der Waals surface area contributed by atoms with Crippen LogP contribution in [0.1, 0.15) is 272 Å². The highest BCUT2D eigenvalue weighted by Crippen LogP contribution is 2.45. The molecule has 0 aliphatic heterocycles. The molecule has 0 aromatic heterocycles. The Kier molecular flexibility index (Phi) is 68.2. The highest BCUT2D eigenvalue weighted by molar-refractivity contribution is 7.47. The van der Waals surface area contributed by atoms with Crippen molar-refractivity contribution < 1.29 is 80.2 Å². The summed E-state index contributed by atoms with van der Waals surface area (Å²) in [5, 5.41) is 10.6. The highest BCUT2D eigenvalue weighted by Gasteiger charge is 2.30. The molecule has 100 heavy (non-hydrogen) atoms. The van der Waals surface area contributed by atoms with Crippen LogP contribution in [-0.2, 0) is 65.4 Å². The number of allylic oxidation sites excluding steroid dienone is 26. The summed E-state index contributed by atoms with van der Waals surface area (Å²) in [6.07, 6.45) is 82.5. The molecular weight excluding hydrogens is 1310 g/mol. The Balaban J connectivity index is 5.43. The van der Waals surface area contributed by atoms with Crippen molar-refractivity contribution in [2.75, 3.05) is 39.6 Å². The van der Waals surface area contributed by atoms with Crippen LogP contribution >= 0.6 is 15.6 Å². The predicted octanol–water partition coefficient (Wildman–Crippen LogP) is 21.7. The summed E-state index contributed by atoms with van der Waals surface area (Å²) in [5.41, 5.74) is 0. The second-order valence-corrected chi connectivity index (χ2v) is 27.4. The van der Waals surface area contributed by atoms with Gasteiger partial charge >= 0.3 is 39.5 Å². The van der Waals surface area contributed by atoms with E-state index in [0.29, 0.717) is 32.1 Å². The van der Waals surface area contributed by atoms with Crippen molar-refractivity contribution in [2.45, 2.75) is 290 Å². The molecule has 5 unspecified atom stereocenters. The maximum Gasteiger partial charge on any atom is 0.472 e. The lowest BCUT2D eigenvalue weighted by molar-refractivity contribution is -0.161. The van der Waals surface area contributed by atoms with Gasteiger partial charge in [-0.05, 0) is 148 Å². The van der Waals surface area contributed by atoms with Crippen LogP contribution in [0.3, 0.4) is 0 Å². The molecule has 568 valence electrons. The molecule has 0 amide bonds. The zero-order valence-corrected chi connectivity index (χ0v) is 63.6. The number of hydrogen-bond donors (Lipinski definition) is 3. The summed E-state index contributed by atoms with van der Waals surface area (Å²) < 4.78 is 68.3. The Morgan fingerprint density at radius 1 is 0.290 bits per heavy atom. The van der Waals surface area contributed by atoms with Crippen LogP contribution in [0, 0.1) is 0 Å². The third kappa shape index (κ3) is 71.1. The predicted molar refractivity (Wildman–Crippen MR) is 408 cm³/mol. The van der Waals surface area contributed by atoms with E-state index in [1.54, 1.807) is 0 Å². The largest absolute Gasteiger partial charge is 0.472 e. The Hall–Kier alpha value is -5.32. The van der Waals surface area contributed by atoms with Crippen LogP contribution in [0.4, 0.5) is 0 Å². The summed E-state index contributed by atoms with van der Waals surface area (Å²) in [4.78, 5) is 72.8. The maximum atomic E-state index is 13.1. The highest BCUT2D eigenvalue weighted by atomic mass is 31.2. The first-order valence-corrected chi connectivity index (χ1v) is 40.7. The van der Waals surface area contributed by atoms with Crippen LogP contribution in [0.5, 0.6) is 0 Å². The van der Waals surface area contributed by atoms with Crippen molar-refractivity contribution >= 4 is 39.5 Å². The lowest BCUT2D eigenvalue weighted by atomic mass is 10.1. The third-order valence-electron chi connectivity index (χ3n) is 15.0. The van der Waals surface area contributed by atoms with Crippen molar-refractivity contribution in [2.24, 2.45) is 0 Å². The van der Waals surface area contributed by atoms with Gasteiger partial charge in [-0.2, -0.15) is 0 Å². The first-order chi connectivity index (χ1) is 48.7. The minimum Gasteiger partial charge on any atom is -0.462 e. The summed E-state index contributed by atoms with van der Waals surface area (Å²) in [6, 6.07) is 0. The van der Waals surface area contributed by atoms with Gasteiger partial charge in [-0.25, -0.2) is 9.13 Å². The summed E-state index contributed by atoms with van der Waals surface area (Å²) in [7, 11) is -9.99. The maximum absolute atomic E-state index is 13.1. The lowest BCUT2D eigenvalue weighted by Gasteiger charge is -2.21. The minimum atomic E-state index is -5.00. The second kappa shape index (κ2) is 72.0. The van der Waals surface area contributed by atoms with Gasteiger partial charge < -0.3 is 33.8 Å². The van der Waals surface area contributed by atoms with Crippen molar-refractivity contribution in [1.82, 2.24) is 0 Å². The standard InChI is InChI=1S/C81H132O17P2/c1-5-9-13-17-21-25-29-32-35-36-37-38-41-43-47-50-54-58-62-66-79(84)91-71-76(97-80(85)67-63-59-55-51-45-28-24-20-16-12-8-4)73-95-99(87,88)93-69-75(82)70-94-100(89,90)96-74-77(98-81(86)68-64-60-56-52-48-44-40-34-31-27-23-19-15-11-7-3)72-92-78(83)65-61-57-53-49-46-42-39-33-30-26-22-18-14-10-6-2/h9-11,13-15,21-23,25-27,32-35,37-40,43,46-49,52,75-77,82H,5-8,12,16-20,24,28-31,36,41-42,44-45,50-51,53-74H2,1-4H3,(H,87,88)(H,89,90)/b13-9-,14-10-,15-11-,25-21-,26-22-,27-23-,35-32-,38-37-,39-33-,40-34-,47-43-,49-46-,52-48-. The zero-order valence-electron chi connectivity index (χ0n) is 61.8. The van der Waals surface area contributed by atoms with Crippen LogP contribution in [-0.4, -0.2) is 96.7 Å². The molecular formula is C81H132O17P2. The third-order valence-corrected chi connectivity index (χ3v) is 16.9. The number of carbonyl (C=O) groups is 4. The number of aliphatic hydroxyl groups is 1. The van der Waals surface area contributed by atoms with Gasteiger partial charge in [-0.15, -0.1) is 0 Å². The molecule has 0 fully saturated rings. The van der Waals surface area contributed by atoms with E-state index >= 15 is 0 Å². The van der Waals surface area contributed by atoms with Gasteiger partial charge in [0.15, 0.2) is 12.2 Å². The van der Waals surface area contributed by atoms with Gasteiger partial charge in [0.05, 0.1) is 26.4 Å². The molecule has 0 spiro atoms. The second-order valence-electron chi connectivity index (χ2n) is 24.5. The Morgan fingerprint density at radius 2 is 0.520 bits per heavy atom. The van der Waals surface area contributed by atoms with Crippen LogP contribution in [0.2, 0.25) is 0 Å². The average molecular weight is 1440 g/mol. The van der Waals surface area contributed by atoms with Gasteiger partial charge in [0, 0.05) is 25.7 Å². The van der Waals surface area contributed by atoms with Gasteiger partial charge in [0.2, 0.25) is 0 Å². The number of esters is 4. The molecule has 0 rings (SSSR count). The van der Waals surface area contributed by atoms with Crippen molar-refractivity contribution in [1.29, 1.82) is 0 Å². The number of phosphoric acid groups is 2. The number of ether oxygens (including phenoxy) is 4. The van der Waals surface area contributed by atoms with E-state index in [1.807, 2.05) is 0 Å². The lowest BCUT2D eigenvalue weighted by Crippen LogP contribution is -2.30. The summed E-state index contributed by atoms with van der Waals surface area (Å²) in [6.45, 7) is 4.36. The van der Waals surface area contributed by atoms with Gasteiger partial charge in [-0.1, -0.05) is 256 Å². The smallest absolute Gasteiger partial charge is 0.462 e. The first kappa shape index (κ1) is 94.7. The van der Waals surface area contributed by atoms with Gasteiger partial charge in [-0.3, -0.25) is 37.3 Å². The molecule has 17 nitrogen and oxygen atoms in total. The van der Waals surface area contributed by atoms with E-state index in [1.165, 1.54) is 38.5 Å². The van der Waals surface area contributed by atoms with E-state index < -0.39 is 97.5 Å². The van der Waals surface area contributed by atoms with Gasteiger partial charge in [0.25, 0.3) is 0 Å². The Labute approximate surface area is 604 Å². The molecule has 19 heteroatoms. The number of aliphatic hydroxyl groups excluding tert-OH is 1. The van der Waals surface area contributed by atoms with Gasteiger partial charge in [0.1, 0.15) is 19.3 Å². The van der Waals surface area contributed by atoms with Crippen LogP contribution in [0.25, 0.3) is 0 Å². The Morgan fingerprint density at radius 3 is 0.820 bits per heavy atom. The molecule has 0 bridgehead atoms. The van der Waals surface area contributed by atoms with Crippen molar-refractivity contribution in [3.05, 3.63) is 158 Å². The van der Waals surface area contributed by atoms with Crippen molar-refractivity contribution in [3.63, 3.8) is 0 Å². The summed E-state index contributed by atoms with van der Waals surface area (Å²) >= 11 is 0. The molecule has 5 atom stereocenters. The first-order valence-electron chi connectivity index (χ1n) is 37.7. The van der Waals surface area contributed by atoms with Crippen molar-refractivity contribution in [3.8, 4) is 0 Å². The average Bonchev–Trinajstić information content (AvgIpc) is 0.953. The number of hydrogen-bond acceptors (Lipinski definition) is 15.